The summed E-state index contributed by atoms with van der Waals surface area (Å²) in [5.74, 6) is 3.08. The summed E-state index contributed by atoms with van der Waals surface area (Å²) >= 11 is 0. The van der Waals surface area contributed by atoms with Gasteiger partial charge in [0.25, 0.3) is 0 Å². The quantitative estimate of drug-likeness (QED) is 0.538. The highest BCUT2D eigenvalue weighted by atomic mass is 32.2. The number of aromatic nitrogens is 4. The first-order chi connectivity index (χ1) is 16.2. The number of hydrogen-bond donors (Lipinski definition) is 2. The second-order valence-electron chi connectivity index (χ2n) is 9.18. The van der Waals surface area contributed by atoms with E-state index in [1.54, 1.807) is 18.5 Å². The van der Waals surface area contributed by atoms with E-state index in [2.05, 4.69) is 20.4 Å². The molecule has 0 bridgehead atoms. The van der Waals surface area contributed by atoms with Crippen LogP contribution in [0.2, 0.25) is 0 Å². The van der Waals surface area contributed by atoms with Crippen LogP contribution >= 0.6 is 0 Å². The smallest absolute Gasteiger partial charge is 0.227 e. The minimum absolute atomic E-state index is 0.101. The van der Waals surface area contributed by atoms with Crippen LogP contribution in [0.3, 0.4) is 0 Å². The Kier molecular flexibility index (Phi) is 5.52. The molecule has 2 fully saturated rings. The molecule has 2 N–H and O–H groups in total. The van der Waals surface area contributed by atoms with Crippen LogP contribution in [0.25, 0.3) is 10.9 Å². The lowest BCUT2D eigenvalue weighted by Gasteiger charge is -2.53. The van der Waals surface area contributed by atoms with Gasteiger partial charge in [0.1, 0.15) is 5.82 Å². The molecule has 5 rings (SSSR count). The van der Waals surface area contributed by atoms with E-state index in [-0.39, 0.29) is 5.41 Å². The maximum Gasteiger partial charge on any atom is 0.227 e. The van der Waals surface area contributed by atoms with E-state index in [4.69, 9.17) is 19.4 Å². The number of nitrogens with one attached hydrogen (secondary N) is 2. The van der Waals surface area contributed by atoms with Crippen LogP contribution in [0.5, 0.6) is 11.5 Å². The van der Waals surface area contributed by atoms with Crippen molar-refractivity contribution in [1.82, 2.24) is 24.5 Å². The summed E-state index contributed by atoms with van der Waals surface area (Å²) in [5.41, 5.74) is 1.76. The van der Waals surface area contributed by atoms with Gasteiger partial charge in [0.2, 0.25) is 16.0 Å². The first-order valence-corrected chi connectivity index (χ1v) is 13.0. The summed E-state index contributed by atoms with van der Waals surface area (Å²) in [7, 11) is 0.0515. The molecule has 0 radical (unpaired) electrons. The predicted molar refractivity (Wildman–Crippen MR) is 130 cm³/mol. The minimum atomic E-state index is -3.14. The van der Waals surface area contributed by atoms with Gasteiger partial charge in [0.05, 0.1) is 26.0 Å². The second-order valence-corrected chi connectivity index (χ2v) is 11.2. The molecule has 3 aromatic rings. The standard InChI is InChI=1S/C22H29N7O4S/c1-14-9-19(27-26-14)24-20-15-10-17(32-2)18(33-3)11-16(15)23-21(25-20)28-12-22(13-28)5-7-29(8-6-22)34(4,30)31/h9-11H,5-8,12-13H2,1-4H3,(H2,23,24,25,26,27). The molecule has 11 nitrogen and oxygen atoms in total. The molecule has 4 heterocycles. The number of H-pyrrole nitrogens is 1. The second kappa shape index (κ2) is 8.27. The van der Waals surface area contributed by atoms with E-state index in [0.29, 0.717) is 42.2 Å². The third kappa shape index (κ3) is 4.11. The summed E-state index contributed by atoms with van der Waals surface area (Å²) in [5, 5.41) is 11.3. The van der Waals surface area contributed by atoms with Gasteiger partial charge in [0.15, 0.2) is 17.3 Å². The van der Waals surface area contributed by atoms with Crippen LogP contribution in [-0.4, -0.2) is 79.5 Å². The van der Waals surface area contributed by atoms with Crippen LogP contribution in [0, 0.1) is 12.3 Å². The van der Waals surface area contributed by atoms with Crippen LogP contribution < -0.4 is 19.7 Å². The Balaban J connectivity index is 1.45. The Labute approximate surface area is 198 Å². The van der Waals surface area contributed by atoms with Crippen molar-refractivity contribution in [2.45, 2.75) is 19.8 Å². The molecule has 34 heavy (non-hydrogen) atoms. The van der Waals surface area contributed by atoms with Crippen molar-refractivity contribution in [3.63, 3.8) is 0 Å². The molecule has 2 aliphatic heterocycles. The number of rotatable bonds is 6. The summed E-state index contributed by atoms with van der Waals surface area (Å²) in [6, 6.07) is 5.61. The van der Waals surface area contributed by atoms with E-state index in [1.165, 1.54) is 6.26 Å². The van der Waals surface area contributed by atoms with Gasteiger partial charge in [0, 0.05) is 54.8 Å². The van der Waals surface area contributed by atoms with Crippen molar-refractivity contribution < 1.29 is 17.9 Å². The lowest BCUT2D eigenvalue weighted by molar-refractivity contribution is 0.113. The topological polar surface area (TPSA) is 126 Å². The fourth-order valence-corrected chi connectivity index (χ4v) is 5.64. The largest absolute Gasteiger partial charge is 0.493 e. The number of hydrogen-bond acceptors (Lipinski definition) is 9. The van der Waals surface area contributed by atoms with E-state index < -0.39 is 10.0 Å². The zero-order valence-electron chi connectivity index (χ0n) is 19.8. The average Bonchev–Trinajstić information content (AvgIpc) is 3.20. The van der Waals surface area contributed by atoms with Crippen molar-refractivity contribution >= 4 is 38.5 Å². The zero-order chi connectivity index (χ0) is 24.1. The highest BCUT2D eigenvalue weighted by Gasteiger charge is 2.47. The van der Waals surface area contributed by atoms with Gasteiger partial charge in [-0.3, -0.25) is 5.10 Å². The van der Waals surface area contributed by atoms with Gasteiger partial charge in [-0.1, -0.05) is 0 Å². The number of sulfonamides is 1. The van der Waals surface area contributed by atoms with Gasteiger partial charge in [-0.2, -0.15) is 10.1 Å². The van der Waals surface area contributed by atoms with Gasteiger partial charge >= 0.3 is 0 Å². The molecule has 1 spiro atoms. The monoisotopic (exact) mass is 487 g/mol. The number of ether oxygens (including phenoxy) is 2. The number of piperidine rings is 1. The van der Waals surface area contributed by atoms with Gasteiger partial charge in [-0.25, -0.2) is 17.7 Å². The molecular formula is C22H29N7O4S. The van der Waals surface area contributed by atoms with Gasteiger partial charge in [-0.05, 0) is 25.8 Å². The van der Waals surface area contributed by atoms with Crippen LogP contribution in [0.15, 0.2) is 18.2 Å². The fourth-order valence-electron chi connectivity index (χ4n) is 4.80. The number of benzene rings is 1. The highest BCUT2D eigenvalue weighted by Crippen LogP contribution is 2.43. The lowest BCUT2D eigenvalue weighted by Crippen LogP contribution is -2.61. The number of nitrogens with zero attached hydrogens (tertiary/aromatic N) is 5. The van der Waals surface area contributed by atoms with Gasteiger partial charge in [-0.15, -0.1) is 0 Å². The van der Waals surface area contributed by atoms with Gasteiger partial charge < -0.3 is 19.7 Å². The Morgan fingerprint density at radius 3 is 2.32 bits per heavy atom. The molecule has 2 aromatic heterocycles. The van der Waals surface area contributed by atoms with E-state index >= 15 is 0 Å². The third-order valence-corrected chi connectivity index (χ3v) is 8.03. The summed E-state index contributed by atoms with van der Waals surface area (Å²) in [4.78, 5) is 11.8. The first kappa shape index (κ1) is 22.7. The molecule has 1 aromatic carbocycles. The molecule has 2 saturated heterocycles. The van der Waals surface area contributed by atoms with E-state index in [1.807, 2.05) is 25.1 Å². The maximum atomic E-state index is 11.9. The third-order valence-electron chi connectivity index (χ3n) is 6.73. The fraction of sp³-hybridized carbons (Fsp3) is 0.500. The Morgan fingerprint density at radius 1 is 1.06 bits per heavy atom. The molecule has 0 saturated carbocycles. The van der Waals surface area contributed by atoms with Crippen molar-refractivity contribution in [1.29, 1.82) is 0 Å². The lowest BCUT2D eigenvalue weighted by atomic mass is 9.72. The number of methoxy groups -OCH3 is 2. The normalized spacial score (nSPS) is 18.2. The van der Waals surface area contributed by atoms with Crippen LogP contribution in [-0.2, 0) is 10.0 Å². The highest BCUT2D eigenvalue weighted by molar-refractivity contribution is 7.88. The molecule has 0 amide bonds. The van der Waals surface area contributed by atoms with Crippen molar-refractivity contribution in [2.24, 2.45) is 5.41 Å². The molecule has 0 aliphatic carbocycles. The summed E-state index contributed by atoms with van der Waals surface area (Å²) in [6.07, 6.45) is 2.96. The van der Waals surface area contributed by atoms with Crippen molar-refractivity contribution in [3.05, 3.63) is 23.9 Å². The molecule has 0 atom stereocenters. The molecular weight excluding hydrogens is 458 g/mol. The molecule has 2 aliphatic rings. The van der Waals surface area contributed by atoms with Crippen LogP contribution in [0.4, 0.5) is 17.6 Å². The summed E-state index contributed by atoms with van der Waals surface area (Å²) in [6.45, 7) is 4.65. The molecule has 12 heteroatoms. The number of fused-ring (bicyclic) bond motifs is 1. The SMILES string of the molecule is COc1cc2nc(N3CC4(CCN(S(C)(=O)=O)CC4)C3)nc(Nc3cc(C)[nH]n3)c2cc1OC. The minimum Gasteiger partial charge on any atom is -0.493 e. The van der Waals surface area contributed by atoms with Crippen molar-refractivity contribution in [3.8, 4) is 11.5 Å². The summed E-state index contributed by atoms with van der Waals surface area (Å²) < 4.78 is 36.3. The van der Waals surface area contributed by atoms with E-state index in [9.17, 15) is 8.42 Å². The Bertz CT molecular complexity index is 1320. The van der Waals surface area contributed by atoms with E-state index in [0.717, 1.165) is 42.5 Å². The van der Waals surface area contributed by atoms with Crippen LogP contribution in [0.1, 0.15) is 18.5 Å². The number of aryl methyl sites for hydroxylation is 1. The molecule has 182 valence electrons. The Morgan fingerprint density at radius 2 is 1.74 bits per heavy atom. The first-order valence-electron chi connectivity index (χ1n) is 11.1. The Hall–Kier alpha value is -3.12. The number of aromatic amines is 1. The number of anilines is 3. The zero-order valence-corrected chi connectivity index (χ0v) is 20.6. The molecule has 0 unspecified atom stereocenters. The maximum absolute atomic E-state index is 11.9. The van der Waals surface area contributed by atoms with Crippen molar-refractivity contribution in [2.75, 3.05) is 56.9 Å². The average molecular weight is 488 g/mol. The predicted octanol–water partition coefficient (Wildman–Crippen LogP) is 2.28.